The number of carbonyl (C=O) groups is 2. The molecule has 162 valence electrons. The number of anilines is 1. The topological polar surface area (TPSA) is 110 Å². The number of amides is 1. The summed E-state index contributed by atoms with van der Waals surface area (Å²) in [6.45, 7) is 4.20. The van der Waals surface area contributed by atoms with Gasteiger partial charge in [0.2, 0.25) is 11.7 Å². The van der Waals surface area contributed by atoms with Gasteiger partial charge in [0.15, 0.2) is 10.9 Å². The van der Waals surface area contributed by atoms with Crippen molar-refractivity contribution in [3.05, 3.63) is 71.8 Å². The number of rotatable bonds is 8. The predicted molar refractivity (Wildman–Crippen MR) is 123 cm³/mol. The summed E-state index contributed by atoms with van der Waals surface area (Å²) in [4.78, 5) is 23.5. The molecular weight excluding hydrogens is 452 g/mol. The number of aromatic carboxylic acids is 1. The van der Waals surface area contributed by atoms with Crippen LogP contribution in [0.3, 0.4) is 0 Å². The van der Waals surface area contributed by atoms with Gasteiger partial charge in [0, 0.05) is 22.6 Å². The van der Waals surface area contributed by atoms with E-state index in [1.54, 1.807) is 41.0 Å². The Morgan fingerprint density at radius 1 is 1.22 bits per heavy atom. The Bertz CT molecular complexity index is 1330. The van der Waals surface area contributed by atoms with Crippen molar-refractivity contribution in [2.75, 3.05) is 11.1 Å². The Balaban J connectivity index is 1.51. The van der Waals surface area contributed by atoms with E-state index in [1.807, 2.05) is 6.07 Å². The third kappa shape index (κ3) is 4.68. The summed E-state index contributed by atoms with van der Waals surface area (Å²) < 4.78 is 7.69. The van der Waals surface area contributed by atoms with Gasteiger partial charge in [-0.2, -0.15) is 0 Å². The molecule has 0 aliphatic carbocycles. The zero-order chi connectivity index (χ0) is 22.7. The summed E-state index contributed by atoms with van der Waals surface area (Å²) in [6, 6.07) is 13.2. The lowest BCUT2D eigenvalue weighted by atomic mass is 10.2. The molecule has 4 rings (SSSR count). The summed E-state index contributed by atoms with van der Waals surface area (Å²) in [6.07, 6.45) is 1.70. The number of allylic oxidation sites excluding steroid dienone is 1. The van der Waals surface area contributed by atoms with E-state index in [2.05, 4.69) is 22.1 Å². The lowest BCUT2D eigenvalue weighted by molar-refractivity contribution is -0.113. The average molecular weight is 469 g/mol. The number of furan rings is 1. The highest BCUT2D eigenvalue weighted by Gasteiger charge is 2.18. The van der Waals surface area contributed by atoms with Gasteiger partial charge in [0.25, 0.3) is 0 Å². The van der Waals surface area contributed by atoms with Gasteiger partial charge >= 0.3 is 5.97 Å². The van der Waals surface area contributed by atoms with Crippen LogP contribution in [0.15, 0.2) is 70.8 Å². The number of benzene rings is 2. The molecule has 8 nitrogen and oxygen atoms in total. The van der Waals surface area contributed by atoms with Gasteiger partial charge in [-0.1, -0.05) is 35.5 Å². The van der Waals surface area contributed by atoms with Crippen molar-refractivity contribution in [2.24, 2.45) is 0 Å². The second-order valence-electron chi connectivity index (χ2n) is 6.72. The largest absolute Gasteiger partial charge is 0.478 e. The summed E-state index contributed by atoms with van der Waals surface area (Å²) in [5.74, 6) is -0.269. The molecule has 0 saturated carbocycles. The molecule has 0 unspecified atom stereocenters. The van der Waals surface area contributed by atoms with E-state index >= 15 is 0 Å². The minimum atomic E-state index is -1.06. The van der Waals surface area contributed by atoms with Gasteiger partial charge in [-0.3, -0.25) is 9.36 Å². The first-order valence-corrected chi connectivity index (χ1v) is 10.8. The molecule has 1 amide bonds. The van der Waals surface area contributed by atoms with Crippen molar-refractivity contribution >= 4 is 51.9 Å². The third-order valence-electron chi connectivity index (χ3n) is 4.45. The fourth-order valence-electron chi connectivity index (χ4n) is 3.05. The van der Waals surface area contributed by atoms with Crippen molar-refractivity contribution in [1.82, 2.24) is 14.8 Å². The van der Waals surface area contributed by atoms with E-state index in [-0.39, 0.29) is 17.2 Å². The Labute approximate surface area is 191 Å². The van der Waals surface area contributed by atoms with E-state index in [4.69, 9.17) is 21.1 Å². The van der Waals surface area contributed by atoms with Crippen LogP contribution in [0.2, 0.25) is 5.02 Å². The van der Waals surface area contributed by atoms with Gasteiger partial charge in [-0.25, -0.2) is 4.79 Å². The van der Waals surface area contributed by atoms with Gasteiger partial charge in [-0.15, -0.1) is 16.8 Å². The lowest BCUT2D eigenvalue weighted by Gasteiger charge is -2.07. The number of hydrogen-bond donors (Lipinski definition) is 2. The molecule has 2 heterocycles. The highest BCUT2D eigenvalue weighted by atomic mass is 35.5. The third-order valence-corrected chi connectivity index (χ3v) is 5.65. The molecule has 0 spiro atoms. The van der Waals surface area contributed by atoms with Gasteiger partial charge in [0.1, 0.15) is 5.58 Å². The Hall–Kier alpha value is -3.56. The Kier molecular flexibility index (Phi) is 6.29. The monoisotopic (exact) mass is 468 g/mol. The second kappa shape index (κ2) is 9.29. The average Bonchev–Trinajstić information content (AvgIpc) is 3.36. The molecule has 0 aliphatic rings. The smallest absolute Gasteiger partial charge is 0.335 e. The fraction of sp³-hybridized carbons (Fsp3) is 0.0909. The number of halogens is 1. The molecule has 0 atom stereocenters. The zero-order valence-corrected chi connectivity index (χ0v) is 18.2. The number of hydrogen-bond acceptors (Lipinski definition) is 6. The number of thioether (sulfide) groups is 1. The molecule has 0 fully saturated rings. The molecule has 4 aromatic rings. The van der Waals surface area contributed by atoms with Crippen LogP contribution in [0.1, 0.15) is 10.4 Å². The number of aromatic nitrogens is 3. The van der Waals surface area contributed by atoms with Crippen LogP contribution in [0.4, 0.5) is 5.69 Å². The van der Waals surface area contributed by atoms with E-state index < -0.39 is 5.97 Å². The van der Waals surface area contributed by atoms with Crippen LogP contribution in [0.5, 0.6) is 0 Å². The van der Waals surface area contributed by atoms with Crippen molar-refractivity contribution in [2.45, 2.75) is 11.7 Å². The first-order valence-electron chi connectivity index (χ1n) is 9.44. The first kappa shape index (κ1) is 21.7. The van der Waals surface area contributed by atoms with E-state index in [9.17, 15) is 9.59 Å². The normalized spacial score (nSPS) is 10.9. The number of carboxylic acids is 1. The molecule has 2 aromatic carbocycles. The van der Waals surface area contributed by atoms with Crippen LogP contribution in [0.25, 0.3) is 22.6 Å². The Morgan fingerprint density at radius 3 is 2.84 bits per heavy atom. The van der Waals surface area contributed by atoms with E-state index in [1.165, 1.54) is 23.9 Å². The van der Waals surface area contributed by atoms with E-state index in [0.29, 0.717) is 39.6 Å². The summed E-state index contributed by atoms with van der Waals surface area (Å²) in [5, 5.41) is 22.2. The zero-order valence-electron chi connectivity index (χ0n) is 16.6. The molecule has 0 saturated heterocycles. The maximum Gasteiger partial charge on any atom is 0.335 e. The van der Waals surface area contributed by atoms with E-state index in [0.717, 1.165) is 5.39 Å². The number of fused-ring (bicyclic) bond motifs is 1. The van der Waals surface area contributed by atoms with Gasteiger partial charge in [-0.05, 0) is 42.5 Å². The first-order chi connectivity index (χ1) is 15.4. The van der Waals surface area contributed by atoms with Crippen molar-refractivity contribution in [3.63, 3.8) is 0 Å². The quantitative estimate of drug-likeness (QED) is 0.278. The summed E-state index contributed by atoms with van der Waals surface area (Å²) in [7, 11) is 0. The molecule has 2 N–H and O–H groups in total. The highest BCUT2D eigenvalue weighted by molar-refractivity contribution is 7.99. The Morgan fingerprint density at radius 2 is 2.06 bits per heavy atom. The SMILES string of the molecule is C=CCn1c(SCC(=O)Nc2cccc(C(=O)O)c2)nnc1-c1cc2cc(Cl)ccc2o1. The van der Waals surface area contributed by atoms with Gasteiger partial charge in [0.05, 0.1) is 11.3 Å². The predicted octanol–water partition coefficient (Wildman–Crippen LogP) is 4.96. The number of nitrogens with one attached hydrogen (secondary N) is 1. The lowest BCUT2D eigenvalue weighted by Crippen LogP contribution is -2.15. The molecule has 32 heavy (non-hydrogen) atoms. The minimum Gasteiger partial charge on any atom is -0.478 e. The highest BCUT2D eigenvalue weighted by Crippen LogP contribution is 2.30. The molecular formula is C22H17ClN4O4S. The molecule has 2 aromatic heterocycles. The number of nitrogens with zero attached hydrogens (tertiary/aromatic N) is 3. The van der Waals surface area contributed by atoms with Crippen LogP contribution in [-0.4, -0.2) is 37.5 Å². The minimum absolute atomic E-state index is 0.0579. The number of carbonyl (C=O) groups excluding carboxylic acids is 1. The summed E-state index contributed by atoms with van der Waals surface area (Å²) in [5.41, 5.74) is 1.18. The standard InChI is InChI=1S/C22H17ClN4O4S/c1-2-8-27-20(18-11-14-9-15(23)6-7-17(14)31-18)25-26-22(27)32-12-19(28)24-16-5-3-4-13(10-16)21(29)30/h2-7,9-11H,1,8,12H2,(H,24,28)(H,29,30). The van der Waals surface area contributed by atoms with Crippen LogP contribution in [-0.2, 0) is 11.3 Å². The van der Waals surface area contributed by atoms with Crippen LogP contribution < -0.4 is 5.32 Å². The maximum atomic E-state index is 12.4. The van der Waals surface area contributed by atoms with Crippen molar-refractivity contribution in [1.29, 1.82) is 0 Å². The molecule has 10 heteroatoms. The van der Waals surface area contributed by atoms with Gasteiger partial charge < -0.3 is 14.8 Å². The second-order valence-corrected chi connectivity index (χ2v) is 8.10. The van der Waals surface area contributed by atoms with Crippen LogP contribution in [0, 0.1) is 0 Å². The summed E-state index contributed by atoms with van der Waals surface area (Å²) >= 11 is 7.25. The molecule has 0 bridgehead atoms. The van der Waals surface area contributed by atoms with Crippen LogP contribution >= 0.6 is 23.4 Å². The maximum absolute atomic E-state index is 12.4. The molecule has 0 aliphatic heterocycles. The molecule has 0 radical (unpaired) electrons. The van der Waals surface area contributed by atoms with Crippen molar-refractivity contribution < 1.29 is 19.1 Å². The van der Waals surface area contributed by atoms with Crippen molar-refractivity contribution in [3.8, 4) is 11.6 Å². The fourth-order valence-corrected chi connectivity index (χ4v) is 3.98. The number of carboxylic acid groups (broad SMARTS) is 1.